The third-order valence-electron chi connectivity index (χ3n) is 1.81. The predicted octanol–water partition coefficient (Wildman–Crippen LogP) is 3.33. The summed E-state index contributed by atoms with van der Waals surface area (Å²) >= 11 is 0. The molecule has 0 bridgehead atoms. The summed E-state index contributed by atoms with van der Waals surface area (Å²) in [4.78, 5) is 9.97. The monoisotopic (exact) mass is 194 g/mol. The van der Waals surface area contributed by atoms with E-state index in [1.54, 1.807) is 0 Å². The molecule has 0 aliphatic rings. The standard InChI is InChI=1S/C9H12N2O.C2H6/c1-7-5-8(6-11-12)3-4-9(7)10-2;1-2/h3-5,10H,6H2,1-2H3;1-2H3. The largest absolute Gasteiger partial charge is 0.388 e. The molecule has 0 fully saturated rings. The van der Waals surface area contributed by atoms with Crippen molar-refractivity contribution in [3.8, 4) is 0 Å². The van der Waals surface area contributed by atoms with E-state index >= 15 is 0 Å². The minimum Gasteiger partial charge on any atom is -0.388 e. The van der Waals surface area contributed by atoms with Crippen molar-refractivity contribution in [3.05, 3.63) is 34.2 Å². The number of benzene rings is 1. The molecule has 0 aliphatic carbocycles. The molecule has 3 nitrogen and oxygen atoms in total. The number of rotatable bonds is 3. The Morgan fingerprint density at radius 1 is 1.36 bits per heavy atom. The summed E-state index contributed by atoms with van der Waals surface area (Å²) in [5, 5.41) is 5.89. The molecule has 0 atom stereocenters. The maximum absolute atomic E-state index is 9.97. The predicted molar refractivity (Wildman–Crippen MR) is 61.6 cm³/mol. The maximum atomic E-state index is 9.97. The number of nitrogens with zero attached hydrogens (tertiary/aromatic N) is 1. The quantitative estimate of drug-likeness (QED) is 0.750. The Labute approximate surface area is 85.5 Å². The van der Waals surface area contributed by atoms with Gasteiger partial charge in [-0.3, -0.25) is 0 Å². The van der Waals surface area contributed by atoms with Gasteiger partial charge in [-0.05, 0) is 24.1 Å². The van der Waals surface area contributed by atoms with Crippen molar-refractivity contribution >= 4 is 5.69 Å². The summed E-state index contributed by atoms with van der Waals surface area (Å²) in [6, 6.07) is 5.82. The summed E-state index contributed by atoms with van der Waals surface area (Å²) < 4.78 is 0. The highest BCUT2D eigenvalue weighted by molar-refractivity contribution is 5.51. The van der Waals surface area contributed by atoms with Crippen LogP contribution in [-0.2, 0) is 6.54 Å². The van der Waals surface area contributed by atoms with Gasteiger partial charge < -0.3 is 5.32 Å². The number of anilines is 1. The summed E-state index contributed by atoms with van der Waals surface area (Å²) in [6.07, 6.45) is 0. The van der Waals surface area contributed by atoms with Crippen LogP contribution in [0.3, 0.4) is 0 Å². The van der Waals surface area contributed by atoms with Crippen LogP contribution in [0.4, 0.5) is 5.69 Å². The molecule has 1 aromatic carbocycles. The van der Waals surface area contributed by atoms with Gasteiger partial charge in [0.1, 0.15) is 6.54 Å². The molecule has 0 aliphatic heterocycles. The Bertz CT molecular complexity index is 285. The fourth-order valence-electron chi connectivity index (χ4n) is 1.18. The van der Waals surface area contributed by atoms with Gasteiger partial charge in [-0.25, -0.2) is 0 Å². The Morgan fingerprint density at radius 3 is 2.43 bits per heavy atom. The Balaban J connectivity index is 0.000000791. The van der Waals surface area contributed by atoms with E-state index in [0.29, 0.717) is 0 Å². The Morgan fingerprint density at radius 2 is 2.00 bits per heavy atom. The number of aryl methyl sites for hydroxylation is 1. The van der Waals surface area contributed by atoms with Crippen LogP contribution in [0.2, 0.25) is 0 Å². The van der Waals surface area contributed by atoms with Gasteiger partial charge in [-0.1, -0.05) is 31.2 Å². The van der Waals surface area contributed by atoms with Crippen molar-refractivity contribution < 1.29 is 0 Å². The topological polar surface area (TPSA) is 41.5 Å². The van der Waals surface area contributed by atoms with Gasteiger partial charge in [0.2, 0.25) is 0 Å². The van der Waals surface area contributed by atoms with Crippen LogP contribution < -0.4 is 5.32 Å². The highest BCUT2D eigenvalue weighted by atomic mass is 16.3. The first-order valence-electron chi connectivity index (χ1n) is 4.84. The van der Waals surface area contributed by atoms with Crippen molar-refractivity contribution in [2.45, 2.75) is 27.3 Å². The lowest BCUT2D eigenvalue weighted by atomic mass is 10.1. The number of nitroso groups, excluding NO2 is 1. The van der Waals surface area contributed by atoms with Crippen molar-refractivity contribution in [2.24, 2.45) is 5.18 Å². The smallest absolute Gasteiger partial charge is 0.106 e. The summed E-state index contributed by atoms with van der Waals surface area (Å²) in [7, 11) is 1.87. The van der Waals surface area contributed by atoms with E-state index in [9.17, 15) is 4.91 Å². The molecule has 1 N–H and O–H groups in total. The van der Waals surface area contributed by atoms with Gasteiger partial charge in [0.25, 0.3) is 0 Å². The van der Waals surface area contributed by atoms with E-state index in [2.05, 4.69) is 10.5 Å². The van der Waals surface area contributed by atoms with Crippen LogP contribution in [0, 0.1) is 11.8 Å². The molecule has 0 heterocycles. The first-order valence-corrected chi connectivity index (χ1v) is 4.84. The van der Waals surface area contributed by atoms with Crippen LogP contribution in [-0.4, -0.2) is 7.05 Å². The van der Waals surface area contributed by atoms with E-state index in [0.717, 1.165) is 16.8 Å². The molecule has 1 aromatic rings. The summed E-state index contributed by atoms with van der Waals surface area (Å²) in [5.74, 6) is 0. The normalized spacial score (nSPS) is 8.57. The van der Waals surface area contributed by atoms with Gasteiger partial charge in [0, 0.05) is 12.7 Å². The molecule has 0 radical (unpaired) electrons. The van der Waals surface area contributed by atoms with Crippen LogP contribution in [0.25, 0.3) is 0 Å². The molecule has 1 rings (SSSR count). The molecule has 0 unspecified atom stereocenters. The third kappa shape index (κ3) is 3.56. The van der Waals surface area contributed by atoms with E-state index < -0.39 is 0 Å². The van der Waals surface area contributed by atoms with Crippen molar-refractivity contribution in [2.75, 3.05) is 12.4 Å². The van der Waals surface area contributed by atoms with Crippen LogP contribution >= 0.6 is 0 Å². The van der Waals surface area contributed by atoms with Gasteiger partial charge in [-0.2, -0.15) is 4.91 Å². The molecular formula is C11H18N2O. The minimum absolute atomic E-state index is 0.255. The zero-order valence-electron chi connectivity index (χ0n) is 9.29. The number of hydrogen-bond donors (Lipinski definition) is 1. The Hall–Kier alpha value is -1.38. The minimum atomic E-state index is 0.255. The molecule has 3 heteroatoms. The highest BCUT2D eigenvalue weighted by Crippen LogP contribution is 2.15. The van der Waals surface area contributed by atoms with Crippen LogP contribution in [0.15, 0.2) is 23.4 Å². The fraction of sp³-hybridized carbons (Fsp3) is 0.455. The van der Waals surface area contributed by atoms with E-state index in [1.165, 1.54) is 0 Å². The van der Waals surface area contributed by atoms with Crippen molar-refractivity contribution in [1.29, 1.82) is 0 Å². The highest BCUT2D eigenvalue weighted by Gasteiger charge is 1.97. The van der Waals surface area contributed by atoms with Crippen molar-refractivity contribution in [3.63, 3.8) is 0 Å². The van der Waals surface area contributed by atoms with Crippen LogP contribution in [0.1, 0.15) is 25.0 Å². The fourth-order valence-corrected chi connectivity index (χ4v) is 1.18. The van der Waals surface area contributed by atoms with Crippen molar-refractivity contribution in [1.82, 2.24) is 0 Å². The SMILES string of the molecule is CC.CNc1ccc(CN=O)cc1C. The molecule has 0 aromatic heterocycles. The lowest BCUT2D eigenvalue weighted by Crippen LogP contribution is -1.92. The van der Waals surface area contributed by atoms with E-state index in [-0.39, 0.29) is 6.54 Å². The molecule has 0 saturated carbocycles. The summed E-state index contributed by atoms with van der Waals surface area (Å²) in [6.45, 7) is 6.25. The molecule has 0 spiro atoms. The molecule has 14 heavy (non-hydrogen) atoms. The second-order valence-corrected chi connectivity index (χ2v) is 2.69. The molecule has 0 saturated heterocycles. The average Bonchev–Trinajstić information content (AvgIpc) is 2.22. The van der Waals surface area contributed by atoms with Gasteiger partial charge in [-0.15, -0.1) is 0 Å². The van der Waals surface area contributed by atoms with Crippen LogP contribution in [0.5, 0.6) is 0 Å². The molecule has 78 valence electrons. The van der Waals surface area contributed by atoms with Gasteiger partial charge in [0.05, 0.1) is 0 Å². The lowest BCUT2D eigenvalue weighted by Gasteiger charge is -2.05. The van der Waals surface area contributed by atoms with Gasteiger partial charge >= 0.3 is 0 Å². The number of hydrogen-bond acceptors (Lipinski definition) is 3. The summed E-state index contributed by atoms with van der Waals surface area (Å²) in [5.41, 5.74) is 3.18. The zero-order chi connectivity index (χ0) is 11.0. The maximum Gasteiger partial charge on any atom is 0.106 e. The zero-order valence-corrected chi connectivity index (χ0v) is 9.29. The lowest BCUT2D eigenvalue weighted by molar-refractivity contribution is 1.05. The first kappa shape index (κ1) is 12.6. The second-order valence-electron chi connectivity index (χ2n) is 2.69. The second kappa shape index (κ2) is 7.06. The van der Waals surface area contributed by atoms with E-state index in [1.807, 2.05) is 46.0 Å². The third-order valence-corrected chi connectivity index (χ3v) is 1.81. The Kier molecular flexibility index (Phi) is 6.37. The average molecular weight is 194 g/mol. The first-order chi connectivity index (χ1) is 6.77. The molecule has 0 amide bonds. The number of nitrogens with one attached hydrogen (secondary N) is 1. The van der Waals surface area contributed by atoms with E-state index in [4.69, 9.17) is 0 Å². The molecular weight excluding hydrogens is 176 g/mol. The van der Waals surface area contributed by atoms with Gasteiger partial charge in [0.15, 0.2) is 0 Å².